The summed E-state index contributed by atoms with van der Waals surface area (Å²) in [5.41, 5.74) is -1.19. The van der Waals surface area contributed by atoms with Gasteiger partial charge in [0.1, 0.15) is 5.75 Å². The molecular formula is C19H19F3N2O5S. The van der Waals surface area contributed by atoms with E-state index in [4.69, 9.17) is 5.11 Å². The molecule has 11 heteroatoms. The van der Waals surface area contributed by atoms with E-state index in [1.54, 1.807) is 0 Å². The van der Waals surface area contributed by atoms with Gasteiger partial charge in [-0.2, -0.15) is 13.2 Å². The third-order valence-corrected chi connectivity index (χ3v) is 6.46. The first-order valence-electron chi connectivity index (χ1n) is 8.99. The van der Waals surface area contributed by atoms with Crippen molar-refractivity contribution in [1.29, 1.82) is 0 Å². The number of aromatic hydroxyl groups is 1. The number of carbonyl (C=O) groups is 1. The van der Waals surface area contributed by atoms with Gasteiger partial charge in [-0.3, -0.25) is 0 Å². The summed E-state index contributed by atoms with van der Waals surface area (Å²) in [5.74, 6) is -0.232. The highest BCUT2D eigenvalue weighted by Gasteiger charge is 2.38. The summed E-state index contributed by atoms with van der Waals surface area (Å²) >= 11 is 0. The molecule has 3 N–H and O–H groups in total. The molecule has 7 nitrogen and oxygen atoms in total. The van der Waals surface area contributed by atoms with Gasteiger partial charge in [-0.05, 0) is 36.6 Å². The third kappa shape index (κ3) is 4.68. The maximum atomic E-state index is 13.7. The van der Waals surface area contributed by atoms with Crippen molar-refractivity contribution >= 4 is 16.1 Å². The Labute approximate surface area is 170 Å². The lowest BCUT2D eigenvalue weighted by atomic mass is 10.0. The van der Waals surface area contributed by atoms with Crippen LogP contribution in [0.15, 0.2) is 47.4 Å². The highest BCUT2D eigenvalue weighted by Crippen LogP contribution is 2.38. The minimum Gasteiger partial charge on any atom is -0.507 e. The highest BCUT2D eigenvalue weighted by molar-refractivity contribution is 7.89. The number of alkyl halides is 3. The number of benzene rings is 2. The molecule has 2 aromatic rings. The van der Waals surface area contributed by atoms with Gasteiger partial charge in [-0.25, -0.2) is 17.9 Å². The monoisotopic (exact) mass is 444 g/mol. The fraction of sp³-hybridized carbons (Fsp3) is 0.316. The van der Waals surface area contributed by atoms with E-state index in [1.807, 2.05) is 0 Å². The van der Waals surface area contributed by atoms with E-state index in [-0.39, 0.29) is 42.8 Å². The predicted molar refractivity (Wildman–Crippen MR) is 101 cm³/mol. The minimum atomic E-state index is -4.95. The Morgan fingerprint density at radius 1 is 1.10 bits per heavy atom. The average Bonchev–Trinajstić information content (AvgIpc) is 2.67. The topological polar surface area (TPSA) is 107 Å². The first-order chi connectivity index (χ1) is 14.0. The quantitative estimate of drug-likeness (QED) is 0.669. The Bertz CT molecular complexity index is 1050. The molecule has 3 rings (SSSR count). The van der Waals surface area contributed by atoms with Crippen molar-refractivity contribution in [3.05, 3.63) is 48.0 Å². The summed E-state index contributed by atoms with van der Waals surface area (Å²) in [6.45, 7) is 0.168. The summed E-state index contributed by atoms with van der Waals surface area (Å²) < 4.78 is 68.7. The maximum Gasteiger partial charge on any atom is 0.417 e. The first kappa shape index (κ1) is 21.9. The molecule has 2 aromatic carbocycles. The van der Waals surface area contributed by atoms with Crippen LogP contribution >= 0.6 is 0 Å². The van der Waals surface area contributed by atoms with E-state index in [2.05, 4.69) is 4.72 Å². The van der Waals surface area contributed by atoms with Crippen molar-refractivity contribution in [2.24, 2.45) is 0 Å². The van der Waals surface area contributed by atoms with Gasteiger partial charge in [-0.1, -0.05) is 24.3 Å². The molecule has 0 bridgehead atoms. The molecule has 162 valence electrons. The molecule has 0 saturated carbocycles. The van der Waals surface area contributed by atoms with Gasteiger partial charge in [0.05, 0.1) is 10.5 Å². The second-order valence-corrected chi connectivity index (χ2v) is 8.57. The number of carboxylic acid groups (broad SMARTS) is 1. The van der Waals surface area contributed by atoms with Crippen LogP contribution in [0, 0.1) is 0 Å². The molecule has 1 amide bonds. The van der Waals surface area contributed by atoms with Gasteiger partial charge in [0.15, 0.2) is 0 Å². The summed E-state index contributed by atoms with van der Waals surface area (Å²) in [6, 6.07) is 7.87. The number of halogens is 3. The van der Waals surface area contributed by atoms with Crippen LogP contribution in [0.4, 0.5) is 18.0 Å². The second kappa shape index (κ2) is 8.15. The number of sulfonamides is 1. The van der Waals surface area contributed by atoms with Crippen molar-refractivity contribution in [2.75, 3.05) is 13.1 Å². The molecule has 0 spiro atoms. The van der Waals surface area contributed by atoms with Gasteiger partial charge in [-0.15, -0.1) is 0 Å². The molecule has 0 unspecified atom stereocenters. The van der Waals surface area contributed by atoms with Crippen molar-refractivity contribution < 1.29 is 36.6 Å². The number of para-hydroxylation sites is 1. The lowest BCUT2D eigenvalue weighted by Crippen LogP contribution is -2.46. The molecule has 1 fully saturated rings. The largest absolute Gasteiger partial charge is 0.507 e. The van der Waals surface area contributed by atoms with Gasteiger partial charge >= 0.3 is 12.3 Å². The van der Waals surface area contributed by atoms with E-state index in [0.717, 1.165) is 11.0 Å². The summed E-state index contributed by atoms with van der Waals surface area (Å²) in [5, 5.41) is 18.9. The summed E-state index contributed by atoms with van der Waals surface area (Å²) in [6.07, 6.45) is -5.77. The number of phenolic OH excluding ortho intramolecular Hbond substituents is 1. The Morgan fingerprint density at radius 3 is 2.30 bits per heavy atom. The Balaban J connectivity index is 1.92. The number of hydrogen-bond donors (Lipinski definition) is 3. The minimum absolute atomic E-state index is 0.0224. The average molecular weight is 444 g/mol. The Kier molecular flexibility index (Phi) is 5.95. The van der Waals surface area contributed by atoms with Gasteiger partial charge in [0, 0.05) is 24.7 Å². The molecule has 1 aliphatic rings. The summed E-state index contributed by atoms with van der Waals surface area (Å²) in [4.78, 5) is 11.1. The van der Waals surface area contributed by atoms with Crippen LogP contribution in [0.2, 0.25) is 0 Å². The number of piperidine rings is 1. The van der Waals surface area contributed by atoms with Crippen molar-refractivity contribution in [3.63, 3.8) is 0 Å². The first-order valence-corrected chi connectivity index (χ1v) is 10.5. The molecule has 0 aliphatic carbocycles. The molecule has 1 aliphatic heterocycles. The Morgan fingerprint density at radius 2 is 1.73 bits per heavy atom. The number of rotatable bonds is 4. The molecule has 0 atom stereocenters. The zero-order chi connectivity index (χ0) is 22.1. The lowest BCUT2D eigenvalue weighted by Gasteiger charge is -2.30. The van der Waals surface area contributed by atoms with Crippen LogP contribution in [0.3, 0.4) is 0 Å². The molecule has 1 saturated heterocycles. The molecule has 30 heavy (non-hydrogen) atoms. The molecule has 1 heterocycles. The second-order valence-electron chi connectivity index (χ2n) is 6.89. The fourth-order valence-corrected chi connectivity index (χ4v) is 4.86. The number of likely N-dealkylation sites (tertiary alicyclic amines) is 1. The third-order valence-electron chi connectivity index (χ3n) is 4.88. The van der Waals surface area contributed by atoms with E-state index >= 15 is 0 Å². The standard InChI is InChI=1S/C19H19F3N2O5S/c20-19(21,22)15-11-12(14-3-1-2-4-16(14)25)5-6-17(15)30(28,29)23-13-7-9-24(10-8-13)18(26)27/h1-6,11,13,23,25H,7-10H2,(H,26,27). The van der Waals surface area contributed by atoms with E-state index in [9.17, 15) is 31.5 Å². The van der Waals surface area contributed by atoms with Crippen molar-refractivity contribution in [1.82, 2.24) is 9.62 Å². The molecule has 0 aromatic heterocycles. The van der Waals surface area contributed by atoms with Crippen molar-refractivity contribution in [2.45, 2.75) is 30.0 Å². The zero-order valence-corrected chi connectivity index (χ0v) is 16.4. The van der Waals surface area contributed by atoms with Crippen LogP contribution in [-0.2, 0) is 16.2 Å². The van der Waals surface area contributed by atoms with Crippen LogP contribution in [0.5, 0.6) is 5.75 Å². The number of phenols is 1. The number of nitrogens with zero attached hydrogens (tertiary/aromatic N) is 1. The van der Waals surface area contributed by atoms with Crippen LogP contribution in [0.25, 0.3) is 11.1 Å². The fourth-order valence-electron chi connectivity index (χ4n) is 3.34. The smallest absolute Gasteiger partial charge is 0.417 e. The SMILES string of the molecule is O=C(O)N1CCC(NS(=O)(=O)c2ccc(-c3ccccc3O)cc2C(F)(F)F)CC1. The normalized spacial score (nSPS) is 15.9. The van der Waals surface area contributed by atoms with E-state index in [1.165, 1.54) is 30.3 Å². The van der Waals surface area contributed by atoms with E-state index < -0.39 is 38.8 Å². The number of hydrogen-bond acceptors (Lipinski definition) is 4. The maximum absolute atomic E-state index is 13.7. The number of nitrogens with one attached hydrogen (secondary N) is 1. The van der Waals surface area contributed by atoms with Crippen molar-refractivity contribution in [3.8, 4) is 16.9 Å². The van der Waals surface area contributed by atoms with Crippen LogP contribution in [0.1, 0.15) is 18.4 Å². The van der Waals surface area contributed by atoms with E-state index in [0.29, 0.717) is 6.07 Å². The Hall–Kier alpha value is -2.79. The number of amides is 1. The van der Waals surface area contributed by atoms with Crippen LogP contribution in [-0.4, -0.2) is 48.8 Å². The molecule has 0 radical (unpaired) electrons. The predicted octanol–water partition coefficient (Wildman–Crippen LogP) is 3.50. The summed E-state index contributed by atoms with van der Waals surface area (Å²) in [7, 11) is -4.52. The van der Waals surface area contributed by atoms with Gasteiger partial charge in [0.25, 0.3) is 0 Å². The van der Waals surface area contributed by atoms with Gasteiger partial charge in [0.2, 0.25) is 10.0 Å². The zero-order valence-electron chi connectivity index (χ0n) is 15.6. The van der Waals surface area contributed by atoms with Crippen LogP contribution < -0.4 is 4.72 Å². The molecular weight excluding hydrogens is 425 g/mol. The lowest BCUT2D eigenvalue weighted by molar-refractivity contribution is -0.139. The highest BCUT2D eigenvalue weighted by atomic mass is 32.2. The van der Waals surface area contributed by atoms with Gasteiger partial charge < -0.3 is 15.1 Å².